The van der Waals surface area contributed by atoms with Gasteiger partial charge in [-0.15, -0.1) is 0 Å². The van der Waals surface area contributed by atoms with Crippen molar-refractivity contribution in [1.29, 1.82) is 0 Å². The molecule has 3 heterocycles. The van der Waals surface area contributed by atoms with E-state index in [2.05, 4.69) is 17.4 Å². The lowest BCUT2D eigenvalue weighted by Gasteiger charge is -2.43. The summed E-state index contributed by atoms with van der Waals surface area (Å²) >= 11 is 0. The predicted octanol–water partition coefficient (Wildman–Crippen LogP) is 2.67. The SMILES string of the molecule is c1cc2c(cc1CNC1CCOC3(CCOCC3)C1)OCCCO2. The summed E-state index contributed by atoms with van der Waals surface area (Å²) in [6, 6.07) is 6.77. The van der Waals surface area contributed by atoms with Gasteiger partial charge >= 0.3 is 0 Å². The first-order chi connectivity index (χ1) is 11.8. The van der Waals surface area contributed by atoms with Crippen molar-refractivity contribution in [1.82, 2.24) is 5.32 Å². The molecule has 2 fully saturated rings. The number of ether oxygens (including phenoxy) is 4. The van der Waals surface area contributed by atoms with E-state index in [9.17, 15) is 0 Å². The van der Waals surface area contributed by atoms with Gasteiger partial charge < -0.3 is 24.3 Å². The van der Waals surface area contributed by atoms with E-state index in [0.29, 0.717) is 6.04 Å². The number of hydrogen-bond acceptors (Lipinski definition) is 5. The summed E-state index contributed by atoms with van der Waals surface area (Å²) in [6.45, 7) is 4.82. The second kappa shape index (κ2) is 7.30. The zero-order valence-corrected chi connectivity index (χ0v) is 14.2. The fraction of sp³-hybridized carbons (Fsp3) is 0.684. The maximum atomic E-state index is 6.12. The van der Waals surface area contributed by atoms with Crippen LogP contribution in [0.1, 0.15) is 37.7 Å². The fourth-order valence-electron chi connectivity index (χ4n) is 3.87. The molecule has 0 aliphatic carbocycles. The van der Waals surface area contributed by atoms with E-state index in [1.165, 1.54) is 5.56 Å². The summed E-state index contributed by atoms with van der Waals surface area (Å²) < 4.78 is 23.1. The van der Waals surface area contributed by atoms with Gasteiger partial charge in [0.05, 0.1) is 18.8 Å². The highest BCUT2D eigenvalue weighted by molar-refractivity contribution is 5.43. The minimum absolute atomic E-state index is 0.0406. The Balaban J connectivity index is 1.35. The topological polar surface area (TPSA) is 49.0 Å². The number of rotatable bonds is 3. The summed E-state index contributed by atoms with van der Waals surface area (Å²) in [4.78, 5) is 0. The first kappa shape index (κ1) is 16.2. The van der Waals surface area contributed by atoms with Crippen LogP contribution in [0.3, 0.4) is 0 Å². The number of nitrogens with one attached hydrogen (secondary N) is 1. The molecule has 5 nitrogen and oxygen atoms in total. The molecule has 3 aliphatic rings. The van der Waals surface area contributed by atoms with Crippen LogP contribution in [0.25, 0.3) is 0 Å². The van der Waals surface area contributed by atoms with Crippen molar-refractivity contribution in [3.05, 3.63) is 23.8 Å². The highest BCUT2D eigenvalue weighted by Crippen LogP contribution is 2.35. The van der Waals surface area contributed by atoms with Gasteiger partial charge in [0.15, 0.2) is 11.5 Å². The maximum absolute atomic E-state index is 6.12. The molecule has 24 heavy (non-hydrogen) atoms. The van der Waals surface area contributed by atoms with Gasteiger partial charge in [-0.05, 0) is 43.4 Å². The molecule has 1 unspecified atom stereocenters. The van der Waals surface area contributed by atoms with Crippen molar-refractivity contribution in [2.24, 2.45) is 0 Å². The molecule has 1 aromatic rings. The minimum atomic E-state index is 0.0406. The average Bonchev–Trinajstić information content (AvgIpc) is 2.86. The van der Waals surface area contributed by atoms with Crippen molar-refractivity contribution < 1.29 is 18.9 Å². The smallest absolute Gasteiger partial charge is 0.161 e. The lowest BCUT2D eigenvalue weighted by atomic mass is 9.84. The Morgan fingerprint density at radius 3 is 2.71 bits per heavy atom. The van der Waals surface area contributed by atoms with Crippen LogP contribution in [0, 0.1) is 0 Å². The van der Waals surface area contributed by atoms with Crippen molar-refractivity contribution in [2.75, 3.05) is 33.0 Å². The third-order valence-electron chi connectivity index (χ3n) is 5.30. The molecule has 0 radical (unpaired) electrons. The van der Waals surface area contributed by atoms with E-state index in [1.807, 2.05) is 6.07 Å². The molecule has 3 aliphatic heterocycles. The lowest BCUT2D eigenvalue weighted by molar-refractivity contribution is -0.140. The molecule has 132 valence electrons. The molecule has 2 saturated heterocycles. The largest absolute Gasteiger partial charge is 0.490 e. The van der Waals surface area contributed by atoms with Gasteiger partial charge in [0.1, 0.15) is 0 Å². The van der Waals surface area contributed by atoms with Crippen LogP contribution in [-0.4, -0.2) is 44.7 Å². The minimum Gasteiger partial charge on any atom is -0.490 e. The van der Waals surface area contributed by atoms with Gasteiger partial charge in [-0.2, -0.15) is 0 Å². The third kappa shape index (κ3) is 3.68. The summed E-state index contributed by atoms with van der Waals surface area (Å²) in [6.07, 6.45) is 5.15. The first-order valence-corrected chi connectivity index (χ1v) is 9.17. The second-order valence-electron chi connectivity index (χ2n) is 7.05. The van der Waals surface area contributed by atoms with Gasteiger partial charge in [0.25, 0.3) is 0 Å². The first-order valence-electron chi connectivity index (χ1n) is 9.17. The Bertz CT molecular complexity index is 551. The molecule has 1 N–H and O–H groups in total. The quantitative estimate of drug-likeness (QED) is 0.921. The Morgan fingerprint density at radius 1 is 1.00 bits per heavy atom. The van der Waals surface area contributed by atoms with E-state index in [0.717, 1.165) is 83.2 Å². The maximum Gasteiger partial charge on any atom is 0.161 e. The van der Waals surface area contributed by atoms with Crippen molar-refractivity contribution in [2.45, 2.75) is 50.3 Å². The zero-order chi connectivity index (χ0) is 16.2. The summed E-state index contributed by atoms with van der Waals surface area (Å²) in [5.74, 6) is 1.74. The zero-order valence-electron chi connectivity index (χ0n) is 14.2. The van der Waals surface area contributed by atoms with Crippen LogP contribution in [0.15, 0.2) is 18.2 Å². The van der Waals surface area contributed by atoms with E-state index >= 15 is 0 Å². The molecule has 4 rings (SSSR count). The Hall–Kier alpha value is -1.30. The summed E-state index contributed by atoms with van der Waals surface area (Å²) in [5.41, 5.74) is 1.28. The molecule has 1 atom stereocenters. The highest BCUT2D eigenvalue weighted by Gasteiger charge is 2.38. The fourth-order valence-corrected chi connectivity index (χ4v) is 3.87. The Morgan fingerprint density at radius 2 is 1.83 bits per heavy atom. The van der Waals surface area contributed by atoms with Crippen LogP contribution < -0.4 is 14.8 Å². The van der Waals surface area contributed by atoms with Crippen LogP contribution in [-0.2, 0) is 16.0 Å². The summed E-state index contributed by atoms with van der Waals surface area (Å²) in [5, 5.41) is 3.71. The van der Waals surface area contributed by atoms with Crippen molar-refractivity contribution in [3.63, 3.8) is 0 Å². The molecule has 0 saturated carbocycles. The van der Waals surface area contributed by atoms with E-state index in [1.54, 1.807) is 0 Å². The third-order valence-corrected chi connectivity index (χ3v) is 5.30. The normalized spacial score (nSPS) is 26.1. The van der Waals surface area contributed by atoms with Gasteiger partial charge in [-0.25, -0.2) is 0 Å². The summed E-state index contributed by atoms with van der Waals surface area (Å²) in [7, 11) is 0. The van der Waals surface area contributed by atoms with E-state index in [4.69, 9.17) is 18.9 Å². The van der Waals surface area contributed by atoms with Gasteiger partial charge in [0.2, 0.25) is 0 Å². The lowest BCUT2D eigenvalue weighted by Crippen LogP contribution is -2.49. The number of fused-ring (bicyclic) bond motifs is 1. The van der Waals surface area contributed by atoms with Crippen LogP contribution in [0.5, 0.6) is 11.5 Å². The van der Waals surface area contributed by atoms with Crippen LogP contribution in [0.2, 0.25) is 0 Å². The Kier molecular flexibility index (Phi) is 4.92. The average molecular weight is 333 g/mol. The molecular weight excluding hydrogens is 306 g/mol. The second-order valence-corrected chi connectivity index (χ2v) is 7.05. The predicted molar refractivity (Wildman–Crippen MR) is 90.6 cm³/mol. The molecule has 0 bridgehead atoms. The molecule has 0 aromatic heterocycles. The molecule has 5 heteroatoms. The van der Waals surface area contributed by atoms with Gasteiger partial charge in [0, 0.05) is 38.8 Å². The standard InChI is InChI=1S/C19H27NO4/c1-7-22-17-3-2-15(12-18(17)23-8-1)14-20-16-4-9-24-19(13-16)5-10-21-11-6-19/h2-3,12,16,20H,1,4-11,13-14H2. The van der Waals surface area contributed by atoms with Crippen LogP contribution in [0.4, 0.5) is 0 Å². The highest BCUT2D eigenvalue weighted by atomic mass is 16.5. The van der Waals surface area contributed by atoms with Crippen molar-refractivity contribution in [3.8, 4) is 11.5 Å². The molecule has 0 amide bonds. The van der Waals surface area contributed by atoms with Crippen molar-refractivity contribution >= 4 is 0 Å². The Labute approximate surface area is 143 Å². The monoisotopic (exact) mass is 333 g/mol. The number of hydrogen-bond donors (Lipinski definition) is 1. The molecule has 1 aromatic carbocycles. The van der Waals surface area contributed by atoms with Gasteiger partial charge in [-0.1, -0.05) is 6.07 Å². The van der Waals surface area contributed by atoms with Crippen LogP contribution >= 0.6 is 0 Å². The molecular formula is C19H27NO4. The number of benzene rings is 1. The van der Waals surface area contributed by atoms with Gasteiger partial charge in [-0.3, -0.25) is 0 Å². The van der Waals surface area contributed by atoms with E-state index < -0.39 is 0 Å². The molecule has 1 spiro atoms. The van der Waals surface area contributed by atoms with E-state index in [-0.39, 0.29) is 5.60 Å².